The summed E-state index contributed by atoms with van der Waals surface area (Å²) in [7, 11) is 0. The van der Waals surface area contributed by atoms with Crippen molar-refractivity contribution in [2.24, 2.45) is 5.10 Å². The molecule has 1 aromatic heterocycles. The molecule has 0 atom stereocenters. The van der Waals surface area contributed by atoms with E-state index in [0.717, 1.165) is 10.5 Å². The molecule has 0 fully saturated rings. The van der Waals surface area contributed by atoms with Crippen molar-refractivity contribution >= 4 is 46.0 Å². The zero-order valence-electron chi connectivity index (χ0n) is 16.1. The van der Waals surface area contributed by atoms with Crippen LogP contribution in [0.3, 0.4) is 0 Å². The van der Waals surface area contributed by atoms with Gasteiger partial charge in [0.25, 0.3) is 5.91 Å². The molecule has 0 radical (unpaired) electrons. The molecule has 0 spiro atoms. The lowest BCUT2D eigenvalue weighted by Gasteiger charge is -2.16. The minimum absolute atomic E-state index is 0.0577. The molecule has 2 aromatic rings. The average Bonchev–Trinajstić information content (AvgIpc) is 3.37. The number of ketones is 1. The summed E-state index contributed by atoms with van der Waals surface area (Å²) in [6, 6.07) is 11.0. The molecule has 6 heteroatoms. The topological polar surface area (TPSA) is 49.7 Å². The molecule has 1 amide bonds. The predicted octanol–water partition coefficient (Wildman–Crippen LogP) is 5.70. The van der Waals surface area contributed by atoms with Crippen molar-refractivity contribution in [1.29, 1.82) is 0 Å². The monoisotopic (exact) mass is 422 g/mol. The van der Waals surface area contributed by atoms with Crippen LogP contribution in [0, 0.1) is 0 Å². The fourth-order valence-corrected chi connectivity index (χ4v) is 4.39. The van der Waals surface area contributed by atoms with E-state index in [-0.39, 0.29) is 11.7 Å². The van der Waals surface area contributed by atoms with Crippen LogP contribution in [0.15, 0.2) is 81.3 Å². The Morgan fingerprint density at radius 3 is 2.28 bits per heavy atom. The number of hydrogen-bond donors (Lipinski definition) is 0. The normalized spacial score (nSPS) is 16.9. The smallest absolute Gasteiger partial charge is 0.281 e. The second-order valence-electron chi connectivity index (χ2n) is 6.70. The van der Waals surface area contributed by atoms with Crippen LogP contribution < -0.4 is 5.01 Å². The van der Waals surface area contributed by atoms with Crippen molar-refractivity contribution in [2.45, 2.75) is 26.7 Å². The van der Waals surface area contributed by atoms with E-state index in [1.807, 2.05) is 55.6 Å². The number of hydrazone groups is 1. The van der Waals surface area contributed by atoms with Gasteiger partial charge in [0, 0.05) is 11.1 Å². The maximum Gasteiger partial charge on any atom is 0.281 e. The second-order valence-corrected chi connectivity index (χ2v) is 8.05. The standard InChI is InChI=1S/C23H19ClN2O2S/c1-3-14-12-16(13-15(4-2)22(14)27)20-21(19-10-7-11-29-19)25-26(23(20)28)18-9-6-5-8-17(18)24/h5-13H,3-4H2,1-2H3. The number of halogens is 1. The van der Waals surface area contributed by atoms with Gasteiger partial charge in [0.1, 0.15) is 5.71 Å². The Morgan fingerprint density at radius 2 is 1.69 bits per heavy atom. The quantitative estimate of drug-likeness (QED) is 0.593. The largest absolute Gasteiger partial charge is 0.289 e. The number of benzene rings is 1. The summed E-state index contributed by atoms with van der Waals surface area (Å²) in [5.74, 6) is -0.188. The van der Waals surface area contributed by atoms with E-state index >= 15 is 0 Å². The number of para-hydroxylation sites is 1. The van der Waals surface area contributed by atoms with Gasteiger partial charge in [-0.25, -0.2) is 0 Å². The number of Topliss-reactive ketones (excluding diaryl/α,β-unsaturated/α-hetero) is 1. The number of thiophene rings is 1. The van der Waals surface area contributed by atoms with E-state index < -0.39 is 0 Å². The van der Waals surface area contributed by atoms with Gasteiger partial charge >= 0.3 is 0 Å². The van der Waals surface area contributed by atoms with Crippen molar-refractivity contribution in [3.8, 4) is 0 Å². The molecule has 146 valence electrons. The highest BCUT2D eigenvalue weighted by atomic mass is 35.5. The molecule has 0 N–H and O–H groups in total. The SMILES string of the molecule is CCC1=CC(=C2C(=O)N(c3ccccc3Cl)N=C2c2cccs2)C=C(CC)C1=O. The van der Waals surface area contributed by atoms with Gasteiger partial charge in [0.15, 0.2) is 5.78 Å². The molecular weight excluding hydrogens is 404 g/mol. The van der Waals surface area contributed by atoms with Crippen molar-refractivity contribution in [3.05, 3.63) is 86.1 Å². The van der Waals surface area contributed by atoms with Crippen molar-refractivity contribution < 1.29 is 9.59 Å². The Balaban J connectivity index is 1.93. The molecule has 1 aliphatic carbocycles. The molecule has 0 unspecified atom stereocenters. The Labute approximate surface area is 178 Å². The first-order chi connectivity index (χ1) is 14.0. The van der Waals surface area contributed by atoms with Crippen LogP contribution >= 0.6 is 22.9 Å². The van der Waals surface area contributed by atoms with Crippen molar-refractivity contribution in [1.82, 2.24) is 0 Å². The third-order valence-corrected chi connectivity index (χ3v) is 6.17. The summed E-state index contributed by atoms with van der Waals surface area (Å²) in [5.41, 5.74) is 3.78. The summed E-state index contributed by atoms with van der Waals surface area (Å²) in [5, 5.41) is 8.41. The van der Waals surface area contributed by atoms with E-state index in [2.05, 4.69) is 5.10 Å². The average molecular weight is 423 g/mol. The lowest BCUT2D eigenvalue weighted by molar-refractivity contribution is -0.114. The van der Waals surface area contributed by atoms with Crippen LogP contribution in [-0.4, -0.2) is 17.4 Å². The molecular formula is C23H19ClN2O2S. The van der Waals surface area contributed by atoms with E-state index in [4.69, 9.17) is 11.6 Å². The van der Waals surface area contributed by atoms with Crippen LogP contribution in [0.4, 0.5) is 5.69 Å². The summed E-state index contributed by atoms with van der Waals surface area (Å²) in [6.45, 7) is 3.90. The Kier molecular flexibility index (Phi) is 5.35. The van der Waals surface area contributed by atoms with Gasteiger partial charge < -0.3 is 0 Å². The lowest BCUT2D eigenvalue weighted by atomic mass is 9.87. The van der Waals surface area contributed by atoms with Gasteiger partial charge in [-0.2, -0.15) is 10.1 Å². The van der Waals surface area contributed by atoms with E-state index in [1.165, 1.54) is 16.3 Å². The van der Waals surface area contributed by atoms with Crippen molar-refractivity contribution in [3.63, 3.8) is 0 Å². The molecule has 0 saturated heterocycles. The maximum absolute atomic E-state index is 13.5. The van der Waals surface area contributed by atoms with Crippen LogP contribution in [0.2, 0.25) is 5.02 Å². The van der Waals surface area contributed by atoms with Gasteiger partial charge in [-0.3, -0.25) is 9.59 Å². The fraction of sp³-hybridized carbons (Fsp3) is 0.174. The maximum atomic E-state index is 13.5. The summed E-state index contributed by atoms with van der Waals surface area (Å²) < 4.78 is 0. The molecule has 0 bridgehead atoms. The molecule has 4 rings (SSSR count). The highest BCUT2D eigenvalue weighted by Crippen LogP contribution is 2.35. The van der Waals surface area contributed by atoms with Crippen molar-refractivity contribution in [2.75, 3.05) is 5.01 Å². The highest BCUT2D eigenvalue weighted by Gasteiger charge is 2.36. The Hall–Kier alpha value is -2.76. The number of rotatable bonds is 4. The minimum Gasteiger partial charge on any atom is -0.289 e. The predicted molar refractivity (Wildman–Crippen MR) is 119 cm³/mol. The van der Waals surface area contributed by atoms with Gasteiger partial charge in [-0.05, 0) is 54.1 Å². The fourth-order valence-electron chi connectivity index (χ4n) is 3.46. The van der Waals surface area contributed by atoms with Gasteiger partial charge in [0.2, 0.25) is 0 Å². The van der Waals surface area contributed by atoms with Gasteiger partial charge in [0.05, 0.1) is 21.2 Å². The lowest BCUT2D eigenvalue weighted by Crippen LogP contribution is -2.23. The summed E-state index contributed by atoms with van der Waals surface area (Å²) in [6.07, 6.45) is 4.88. The molecule has 4 nitrogen and oxygen atoms in total. The van der Waals surface area contributed by atoms with Crippen LogP contribution in [0.1, 0.15) is 31.6 Å². The Morgan fingerprint density at radius 1 is 1.00 bits per heavy atom. The number of amides is 1. The second kappa shape index (κ2) is 7.93. The first-order valence-corrected chi connectivity index (χ1v) is 10.7. The molecule has 0 saturated carbocycles. The number of nitrogens with zero attached hydrogens (tertiary/aromatic N) is 2. The van der Waals surface area contributed by atoms with Gasteiger partial charge in [-0.15, -0.1) is 11.3 Å². The number of anilines is 1. The Bertz CT molecular complexity index is 1100. The van der Waals surface area contributed by atoms with Crippen LogP contribution in [0.25, 0.3) is 0 Å². The van der Waals surface area contributed by atoms with E-state index in [0.29, 0.717) is 46.0 Å². The first kappa shape index (κ1) is 19.6. The zero-order chi connectivity index (χ0) is 20.5. The summed E-state index contributed by atoms with van der Waals surface area (Å²) in [4.78, 5) is 27.0. The van der Waals surface area contributed by atoms with Gasteiger partial charge in [-0.1, -0.05) is 43.6 Å². The molecule has 29 heavy (non-hydrogen) atoms. The molecule has 1 aromatic carbocycles. The number of allylic oxidation sites excluding steroid dienone is 5. The molecule has 2 heterocycles. The third kappa shape index (κ3) is 3.41. The van der Waals surface area contributed by atoms with E-state index in [1.54, 1.807) is 12.1 Å². The molecule has 2 aliphatic rings. The number of hydrogen-bond acceptors (Lipinski definition) is 4. The summed E-state index contributed by atoms with van der Waals surface area (Å²) >= 11 is 7.86. The first-order valence-electron chi connectivity index (χ1n) is 9.47. The number of carbonyl (C=O) groups is 2. The van der Waals surface area contributed by atoms with Crippen LogP contribution in [0.5, 0.6) is 0 Å². The zero-order valence-corrected chi connectivity index (χ0v) is 17.7. The van der Waals surface area contributed by atoms with Crippen LogP contribution in [-0.2, 0) is 9.59 Å². The number of carbonyl (C=O) groups excluding carboxylic acids is 2. The highest BCUT2D eigenvalue weighted by molar-refractivity contribution is 7.12. The minimum atomic E-state index is -0.246. The van der Waals surface area contributed by atoms with E-state index in [9.17, 15) is 9.59 Å². The molecule has 1 aliphatic heterocycles. The third-order valence-electron chi connectivity index (χ3n) is 4.97.